The molecule has 16 heavy (non-hydrogen) atoms. The van der Waals surface area contributed by atoms with Crippen molar-refractivity contribution in [1.82, 2.24) is 20.2 Å². The number of hydrogen-bond donors (Lipinski definition) is 1. The van der Waals surface area contributed by atoms with Crippen LogP contribution in [0.3, 0.4) is 0 Å². The molecule has 2 heterocycles. The van der Waals surface area contributed by atoms with Gasteiger partial charge in [-0.25, -0.2) is 9.97 Å². The fourth-order valence-corrected chi connectivity index (χ4v) is 1.85. The van der Waals surface area contributed by atoms with Crippen LogP contribution in [0.5, 0.6) is 0 Å². The molecule has 0 atom stereocenters. The van der Waals surface area contributed by atoms with Crippen LogP contribution in [0, 0.1) is 0 Å². The van der Waals surface area contributed by atoms with Gasteiger partial charge in [0.25, 0.3) is 5.91 Å². The van der Waals surface area contributed by atoms with Crippen molar-refractivity contribution in [1.29, 1.82) is 0 Å². The van der Waals surface area contributed by atoms with Gasteiger partial charge in [0.1, 0.15) is 6.33 Å². The molecule has 2 rings (SSSR count). The normalized spacial score (nSPS) is 16.2. The van der Waals surface area contributed by atoms with Crippen LogP contribution in [0.2, 0.25) is 0 Å². The van der Waals surface area contributed by atoms with E-state index in [4.69, 9.17) is 0 Å². The number of carbonyl (C=O) groups excluding carboxylic acids is 1. The van der Waals surface area contributed by atoms with Gasteiger partial charge in [-0.2, -0.15) is 0 Å². The van der Waals surface area contributed by atoms with Crippen molar-refractivity contribution in [2.75, 3.05) is 26.2 Å². The number of aryl methyl sites for hydroxylation is 1. The third-order valence-electron chi connectivity index (χ3n) is 2.76. The highest BCUT2D eigenvalue weighted by Gasteiger charge is 2.20. The summed E-state index contributed by atoms with van der Waals surface area (Å²) >= 11 is 0. The Morgan fingerprint density at radius 2 is 2.25 bits per heavy atom. The van der Waals surface area contributed by atoms with Crippen LogP contribution < -0.4 is 5.32 Å². The summed E-state index contributed by atoms with van der Waals surface area (Å²) in [6, 6.07) is 0. The number of piperazine rings is 1. The molecule has 1 amide bonds. The summed E-state index contributed by atoms with van der Waals surface area (Å²) in [5.74, 6) is 0.0546. The zero-order valence-corrected chi connectivity index (χ0v) is 9.44. The molecular formula is C11H16N4O. The molecule has 0 bridgehead atoms. The van der Waals surface area contributed by atoms with E-state index in [1.54, 1.807) is 6.20 Å². The van der Waals surface area contributed by atoms with Crippen LogP contribution in [-0.4, -0.2) is 47.0 Å². The number of amides is 1. The summed E-state index contributed by atoms with van der Waals surface area (Å²) in [5, 5.41) is 3.22. The van der Waals surface area contributed by atoms with E-state index >= 15 is 0 Å². The van der Waals surface area contributed by atoms with E-state index in [1.807, 2.05) is 11.8 Å². The Kier molecular flexibility index (Phi) is 3.46. The number of aromatic nitrogens is 2. The van der Waals surface area contributed by atoms with Crippen LogP contribution >= 0.6 is 0 Å². The zero-order chi connectivity index (χ0) is 11.4. The smallest absolute Gasteiger partial charge is 0.257 e. The summed E-state index contributed by atoms with van der Waals surface area (Å²) in [6.45, 7) is 5.24. The lowest BCUT2D eigenvalue weighted by molar-refractivity contribution is 0.0733. The summed E-state index contributed by atoms with van der Waals surface area (Å²) < 4.78 is 0. The van der Waals surface area contributed by atoms with E-state index < -0.39 is 0 Å². The minimum absolute atomic E-state index is 0.0546. The van der Waals surface area contributed by atoms with E-state index in [-0.39, 0.29) is 5.91 Å². The van der Waals surface area contributed by atoms with Crippen molar-refractivity contribution in [3.05, 3.63) is 23.8 Å². The van der Waals surface area contributed by atoms with Gasteiger partial charge in [-0.15, -0.1) is 0 Å². The lowest BCUT2D eigenvalue weighted by Gasteiger charge is -2.27. The number of rotatable bonds is 2. The Morgan fingerprint density at radius 1 is 1.50 bits per heavy atom. The molecule has 5 heteroatoms. The molecule has 1 saturated heterocycles. The second-order valence-electron chi connectivity index (χ2n) is 3.78. The number of nitrogens with one attached hydrogen (secondary N) is 1. The monoisotopic (exact) mass is 220 g/mol. The molecule has 5 nitrogen and oxygen atoms in total. The van der Waals surface area contributed by atoms with E-state index in [0.717, 1.165) is 38.3 Å². The van der Waals surface area contributed by atoms with Gasteiger partial charge >= 0.3 is 0 Å². The first kappa shape index (κ1) is 11.0. The molecule has 86 valence electrons. The van der Waals surface area contributed by atoms with Gasteiger partial charge in [-0.1, -0.05) is 6.92 Å². The molecule has 0 aromatic carbocycles. The zero-order valence-electron chi connectivity index (χ0n) is 9.44. The average Bonchev–Trinajstić information content (AvgIpc) is 2.39. The Morgan fingerprint density at radius 3 is 2.94 bits per heavy atom. The van der Waals surface area contributed by atoms with Crippen LogP contribution in [0.15, 0.2) is 12.5 Å². The predicted octanol–water partition coefficient (Wildman–Crippen LogP) is 0.0844. The van der Waals surface area contributed by atoms with Crippen molar-refractivity contribution in [3.63, 3.8) is 0 Å². The summed E-state index contributed by atoms with van der Waals surface area (Å²) in [7, 11) is 0. The van der Waals surface area contributed by atoms with Gasteiger partial charge in [-0.3, -0.25) is 4.79 Å². The quantitative estimate of drug-likeness (QED) is 0.767. The second-order valence-corrected chi connectivity index (χ2v) is 3.78. The number of hydrogen-bond acceptors (Lipinski definition) is 4. The second kappa shape index (κ2) is 5.03. The van der Waals surface area contributed by atoms with E-state index in [2.05, 4.69) is 15.3 Å². The highest BCUT2D eigenvalue weighted by Crippen LogP contribution is 2.09. The van der Waals surface area contributed by atoms with Crippen LogP contribution in [0.25, 0.3) is 0 Å². The van der Waals surface area contributed by atoms with Crippen molar-refractivity contribution >= 4 is 5.91 Å². The Hall–Kier alpha value is -1.49. The van der Waals surface area contributed by atoms with Gasteiger partial charge in [0.15, 0.2) is 0 Å². The maximum Gasteiger partial charge on any atom is 0.257 e. The fourth-order valence-electron chi connectivity index (χ4n) is 1.85. The Balaban J connectivity index is 2.19. The molecule has 0 radical (unpaired) electrons. The van der Waals surface area contributed by atoms with Gasteiger partial charge in [0.2, 0.25) is 0 Å². The lowest BCUT2D eigenvalue weighted by Crippen LogP contribution is -2.46. The van der Waals surface area contributed by atoms with Gasteiger partial charge in [0.05, 0.1) is 11.3 Å². The molecule has 0 spiro atoms. The molecule has 0 unspecified atom stereocenters. The SMILES string of the molecule is CCc1ncncc1C(=O)N1CCNCC1. The first-order chi connectivity index (χ1) is 7.83. The van der Waals surface area contributed by atoms with Crippen molar-refractivity contribution in [2.24, 2.45) is 0 Å². The van der Waals surface area contributed by atoms with Gasteiger partial charge in [0, 0.05) is 32.4 Å². The molecule has 1 aliphatic heterocycles. The van der Waals surface area contributed by atoms with E-state index in [9.17, 15) is 4.79 Å². The van der Waals surface area contributed by atoms with Crippen LogP contribution in [0.1, 0.15) is 23.0 Å². The minimum Gasteiger partial charge on any atom is -0.336 e. The number of nitrogens with zero attached hydrogens (tertiary/aromatic N) is 3. The highest BCUT2D eigenvalue weighted by molar-refractivity contribution is 5.95. The Labute approximate surface area is 94.9 Å². The summed E-state index contributed by atoms with van der Waals surface area (Å²) in [4.78, 5) is 22.1. The third kappa shape index (κ3) is 2.19. The van der Waals surface area contributed by atoms with Gasteiger partial charge in [-0.05, 0) is 6.42 Å². The van der Waals surface area contributed by atoms with Crippen molar-refractivity contribution in [2.45, 2.75) is 13.3 Å². The summed E-state index contributed by atoms with van der Waals surface area (Å²) in [6.07, 6.45) is 3.87. The number of carbonyl (C=O) groups is 1. The topological polar surface area (TPSA) is 58.1 Å². The first-order valence-electron chi connectivity index (χ1n) is 5.61. The summed E-state index contributed by atoms with van der Waals surface area (Å²) in [5.41, 5.74) is 1.48. The molecule has 1 N–H and O–H groups in total. The minimum atomic E-state index is 0.0546. The third-order valence-corrected chi connectivity index (χ3v) is 2.76. The molecule has 1 fully saturated rings. The van der Waals surface area contributed by atoms with Crippen LogP contribution in [-0.2, 0) is 6.42 Å². The van der Waals surface area contributed by atoms with Crippen molar-refractivity contribution in [3.8, 4) is 0 Å². The van der Waals surface area contributed by atoms with Crippen molar-refractivity contribution < 1.29 is 4.79 Å². The molecule has 0 aliphatic carbocycles. The largest absolute Gasteiger partial charge is 0.336 e. The molecule has 0 saturated carbocycles. The lowest BCUT2D eigenvalue weighted by atomic mass is 10.1. The Bertz CT molecular complexity index is 374. The first-order valence-corrected chi connectivity index (χ1v) is 5.61. The highest BCUT2D eigenvalue weighted by atomic mass is 16.2. The van der Waals surface area contributed by atoms with Gasteiger partial charge < -0.3 is 10.2 Å². The average molecular weight is 220 g/mol. The standard InChI is InChI=1S/C11H16N4O/c1-2-10-9(7-13-8-14-10)11(16)15-5-3-12-4-6-15/h7-8,12H,2-6H2,1H3. The molecule has 1 aliphatic rings. The van der Waals surface area contributed by atoms with Crippen LogP contribution in [0.4, 0.5) is 0 Å². The molecule has 1 aromatic heterocycles. The van der Waals surface area contributed by atoms with E-state index in [1.165, 1.54) is 6.33 Å². The predicted molar refractivity (Wildman–Crippen MR) is 60.2 cm³/mol. The molecule has 1 aromatic rings. The molecular weight excluding hydrogens is 204 g/mol. The maximum atomic E-state index is 12.2. The fraction of sp³-hybridized carbons (Fsp3) is 0.545. The van der Waals surface area contributed by atoms with E-state index in [0.29, 0.717) is 5.56 Å². The maximum absolute atomic E-state index is 12.2.